The summed E-state index contributed by atoms with van der Waals surface area (Å²) in [7, 11) is 0. The van der Waals surface area contributed by atoms with Crippen molar-refractivity contribution in [2.75, 3.05) is 0 Å². The van der Waals surface area contributed by atoms with Crippen LogP contribution in [0.5, 0.6) is 0 Å². The molecule has 0 fully saturated rings. The Morgan fingerprint density at radius 2 is 1.80 bits per heavy atom. The van der Waals surface area contributed by atoms with E-state index in [1.165, 1.54) is 0 Å². The maximum absolute atomic E-state index is 12.0. The van der Waals surface area contributed by atoms with Gasteiger partial charge in [0.1, 0.15) is 5.76 Å². The van der Waals surface area contributed by atoms with Crippen LogP contribution in [-0.4, -0.2) is 5.78 Å². The van der Waals surface area contributed by atoms with Crippen LogP contribution >= 0.6 is 0 Å². The standard InChI is InChI=1S/C18H14O2/c1-13-9-12-18(20-13)17(19)11-10-15-7-4-6-14-5-2-3-8-16(14)15/h2-12H,1H3. The molecule has 3 rings (SSSR count). The van der Waals surface area contributed by atoms with E-state index in [-0.39, 0.29) is 5.78 Å². The predicted octanol–water partition coefficient (Wildman–Crippen LogP) is 4.64. The summed E-state index contributed by atoms with van der Waals surface area (Å²) in [6.07, 6.45) is 3.39. The van der Waals surface area contributed by atoms with Crippen LogP contribution in [0.4, 0.5) is 0 Å². The van der Waals surface area contributed by atoms with Gasteiger partial charge in [0.2, 0.25) is 5.78 Å². The zero-order valence-electron chi connectivity index (χ0n) is 11.2. The number of carbonyl (C=O) groups excluding carboxylic acids is 1. The molecule has 0 saturated heterocycles. The van der Waals surface area contributed by atoms with Crippen LogP contribution in [0.15, 0.2) is 65.1 Å². The van der Waals surface area contributed by atoms with Crippen LogP contribution in [0.2, 0.25) is 0 Å². The quantitative estimate of drug-likeness (QED) is 0.508. The molecule has 0 aliphatic rings. The maximum atomic E-state index is 12.0. The fraction of sp³-hybridized carbons (Fsp3) is 0.0556. The summed E-state index contributed by atoms with van der Waals surface area (Å²) in [5.41, 5.74) is 1.03. The van der Waals surface area contributed by atoms with Crippen molar-refractivity contribution in [1.82, 2.24) is 0 Å². The fourth-order valence-electron chi connectivity index (χ4n) is 2.21. The first-order valence-electron chi connectivity index (χ1n) is 6.51. The third-order valence-electron chi connectivity index (χ3n) is 3.22. The van der Waals surface area contributed by atoms with Crippen LogP contribution < -0.4 is 0 Å². The van der Waals surface area contributed by atoms with Gasteiger partial charge in [0.05, 0.1) is 0 Å². The summed E-state index contributed by atoms with van der Waals surface area (Å²) in [5, 5.41) is 2.30. The highest BCUT2D eigenvalue weighted by molar-refractivity contribution is 6.06. The van der Waals surface area contributed by atoms with Crippen molar-refractivity contribution < 1.29 is 9.21 Å². The molecule has 0 aliphatic carbocycles. The van der Waals surface area contributed by atoms with Crippen LogP contribution in [0.1, 0.15) is 21.9 Å². The lowest BCUT2D eigenvalue weighted by molar-refractivity contribution is 0.102. The van der Waals surface area contributed by atoms with E-state index in [1.54, 1.807) is 18.2 Å². The molecule has 98 valence electrons. The van der Waals surface area contributed by atoms with Crippen LogP contribution in [-0.2, 0) is 0 Å². The zero-order chi connectivity index (χ0) is 13.9. The Labute approximate surface area is 117 Å². The molecular weight excluding hydrogens is 248 g/mol. The van der Waals surface area contributed by atoms with Gasteiger partial charge in [-0.25, -0.2) is 0 Å². The van der Waals surface area contributed by atoms with Crippen molar-refractivity contribution in [3.05, 3.63) is 77.8 Å². The minimum Gasteiger partial charge on any atom is -0.458 e. The van der Waals surface area contributed by atoms with Crippen LogP contribution in [0.25, 0.3) is 16.8 Å². The summed E-state index contributed by atoms with van der Waals surface area (Å²) in [4.78, 5) is 12.0. The third-order valence-corrected chi connectivity index (χ3v) is 3.22. The summed E-state index contributed by atoms with van der Waals surface area (Å²) in [5.74, 6) is 0.997. The molecule has 1 heterocycles. The summed E-state index contributed by atoms with van der Waals surface area (Å²) < 4.78 is 5.32. The Morgan fingerprint density at radius 3 is 2.60 bits per heavy atom. The van der Waals surface area contributed by atoms with Gasteiger partial charge in [-0.2, -0.15) is 0 Å². The van der Waals surface area contributed by atoms with Crippen molar-refractivity contribution in [2.24, 2.45) is 0 Å². The van der Waals surface area contributed by atoms with Gasteiger partial charge in [-0.15, -0.1) is 0 Å². The van der Waals surface area contributed by atoms with E-state index in [0.29, 0.717) is 5.76 Å². The number of furan rings is 1. The van der Waals surface area contributed by atoms with E-state index in [2.05, 4.69) is 18.2 Å². The first kappa shape index (κ1) is 12.4. The van der Waals surface area contributed by atoms with Crippen molar-refractivity contribution in [3.63, 3.8) is 0 Å². The second-order valence-corrected chi connectivity index (χ2v) is 4.68. The third kappa shape index (κ3) is 2.41. The normalized spacial score (nSPS) is 11.2. The Hall–Kier alpha value is -2.61. The topological polar surface area (TPSA) is 30.2 Å². The lowest BCUT2D eigenvalue weighted by Crippen LogP contribution is -1.90. The number of hydrogen-bond donors (Lipinski definition) is 0. The molecule has 0 atom stereocenters. The molecule has 0 bridgehead atoms. The Kier molecular flexibility index (Phi) is 3.21. The van der Waals surface area contributed by atoms with Crippen molar-refractivity contribution >= 4 is 22.6 Å². The van der Waals surface area contributed by atoms with E-state index in [0.717, 1.165) is 22.1 Å². The van der Waals surface area contributed by atoms with E-state index >= 15 is 0 Å². The monoisotopic (exact) mass is 262 g/mol. The molecule has 0 spiro atoms. The molecule has 0 radical (unpaired) electrons. The number of ketones is 1. The molecule has 0 aliphatic heterocycles. The molecular formula is C18H14O2. The number of carbonyl (C=O) groups is 1. The van der Waals surface area contributed by atoms with Gasteiger partial charge in [0.15, 0.2) is 5.76 Å². The number of benzene rings is 2. The van der Waals surface area contributed by atoms with Gasteiger partial charge in [-0.3, -0.25) is 4.79 Å². The first-order valence-corrected chi connectivity index (χ1v) is 6.51. The van der Waals surface area contributed by atoms with Gasteiger partial charge >= 0.3 is 0 Å². The minimum absolute atomic E-state index is 0.119. The highest BCUT2D eigenvalue weighted by Crippen LogP contribution is 2.20. The SMILES string of the molecule is Cc1ccc(C(=O)C=Cc2cccc3ccccc23)o1. The zero-order valence-corrected chi connectivity index (χ0v) is 11.2. The number of hydrogen-bond acceptors (Lipinski definition) is 2. The Bertz CT molecular complexity index is 789. The van der Waals surface area contributed by atoms with E-state index in [1.807, 2.05) is 37.3 Å². The molecule has 0 amide bonds. The average Bonchev–Trinajstić information content (AvgIpc) is 2.91. The van der Waals surface area contributed by atoms with Crippen molar-refractivity contribution in [1.29, 1.82) is 0 Å². The Balaban J connectivity index is 1.93. The molecule has 0 saturated carbocycles. The molecule has 2 heteroatoms. The number of fused-ring (bicyclic) bond motifs is 1. The first-order chi connectivity index (χ1) is 9.74. The van der Waals surface area contributed by atoms with Crippen molar-refractivity contribution in [2.45, 2.75) is 6.92 Å². The van der Waals surface area contributed by atoms with Crippen LogP contribution in [0, 0.1) is 6.92 Å². The van der Waals surface area contributed by atoms with Gasteiger partial charge in [0.25, 0.3) is 0 Å². The molecule has 0 N–H and O–H groups in total. The largest absolute Gasteiger partial charge is 0.458 e. The highest BCUT2D eigenvalue weighted by Gasteiger charge is 2.06. The Morgan fingerprint density at radius 1 is 1.00 bits per heavy atom. The second-order valence-electron chi connectivity index (χ2n) is 4.68. The minimum atomic E-state index is -0.119. The molecule has 1 aromatic heterocycles. The lowest BCUT2D eigenvalue weighted by atomic mass is 10.0. The molecule has 2 nitrogen and oxygen atoms in total. The van der Waals surface area contributed by atoms with Gasteiger partial charge in [-0.05, 0) is 41.5 Å². The highest BCUT2D eigenvalue weighted by atomic mass is 16.3. The number of rotatable bonds is 3. The summed E-state index contributed by atoms with van der Waals surface area (Å²) in [6, 6.07) is 17.7. The summed E-state index contributed by atoms with van der Waals surface area (Å²) >= 11 is 0. The van der Waals surface area contributed by atoms with E-state index in [4.69, 9.17) is 4.42 Å². The second kappa shape index (κ2) is 5.17. The molecule has 0 unspecified atom stereocenters. The fourth-order valence-corrected chi connectivity index (χ4v) is 2.21. The molecule has 2 aromatic carbocycles. The molecule has 20 heavy (non-hydrogen) atoms. The van der Waals surface area contributed by atoms with Gasteiger partial charge in [-0.1, -0.05) is 48.5 Å². The van der Waals surface area contributed by atoms with Gasteiger partial charge < -0.3 is 4.42 Å². The number of aryl methyl sites for hydroxylation is 1. The average molecular weight is 262 g/mol. The lowest BCUT2D eigenvalue weighted by Gasteiger charge is -2.01. The predicted molar refractivity (Wildman–Crippen MR) is 80.8 cm³/mol. The van der Waals surface area contributed by atoms with Gasteiger partial charge in [0, 0.05) is 0 Å². The molecule has 3 aromatic rings. The smallest absolute Gasteiger partial charge is 0.221 e. The van der Waals surface area contributed by atoms with Crippen molar-refractivity contribution in [3.8, 4) is 0 Å². The maximum Gasteiger partial charge on any atom is 0.221 e. The van der Waals surface area contributed by atoms with E-state index in [9.17, 15) is 4.79 Å². The van der Waals surface area contributed by atoms with E-state index < -0.39 is 0 Å². The number of allylic oxidation sites excluding steroid dienone is 1. The van der Waals surface area contributed by atoms with Crippen LogP contribution in [0.3, 0.4) is 0 Å². The summed E-state index contributed by atoms with van der Waals surface area (Å²) in [6.45, 7) is 1.82.